The van der Waals surface area contributed by atoms with Gasteiger partial charge in [0, 0.05) is 21.9 Å². The zero-order valence-corrected chi connectivity index (χ0v) is 17.9. The number of fused-ring (bicyclic) bond motifs is 7. The van der Waals surface area contributed by atoms with E-state index in [9.17, 15) is 0 Å². The Balaban J connectivity index is 1.73. The maximum absolute atomic E-state index is 5.10. The number of aromatic amines is 1. The van der Waals surface area contributed by atoms with Crippen molar-refractivity contribution in [2.45, 2.75) is 6.92 Å². The number of nitrogens with one attached hydrogen (secondary N) is 1. The first-order valence-electron chi connectivity index (χ1n) is 11.0. The average Bonchev–Trinajstić information content (AvgIpc) is 3.52. The maximum atomic E-state index is 5.10. The largest absolute Gasteiger partial charge is 0.343 e. The Bertz CT molecular complexity index is 1810. The van der Waals surface area contributed by atoms with E-state index < -0.39 is 0 Å². The molecule has 3 aromatic carbocycles. The predicted octanol–water partition coefficient (Wildman–Crippen LogP) is 6.55. The highest BCUT2D eigenvalue weighted by atomic mass is 15.2. The van der Waals surface area contributed by atoms with Gasteiger partial charge >= 0.3 is 0 Å². The molecule has 4 aromatic heterocycles. The van der Waals surface area contributed by atoms with Gasteiger partial charge in [-0.3, -0.25) is 0 Å². The zero-order chi connectivity index (χ0) is 21.9. The number of benzene rings is 3. The summed E-state index contributed by atoms with van der Waals surface area (Å²) in [6.45, 7) is 2.10. The van der Waals surface area contributed by atoms with E-state index in [-0.39, 0.29) is 0 Å². The molecule has 4 heterocycles. The average molecular weight is 425 g/mol. The molecule has 1 N–H and O–H groups in total. The number of imidazole rings is 1. The van der Waals surface area contributed by atoms with Crippen molar-refractivity contribution in [2.24, 2.45) is 0 Å². The Kier molecular flexibility index (Phi) is 3.70. The molecule has 0 aliphatic heterocycles. The third-order valence-electron chi connectivity index (χ3n) is 6.34. The van der Waals surface area contributed by atoms with E-state index in [4.69, 9.17) is 10.1 Å². The van der Waals surface area contributed by atoms with Crippen LogP contribution in [0.4, 0.5) is 0 Å². The van der Waals surface area contributed by atoms with E-state index in [1.165, 1.54) is 5.56 Å². The molecule has 0 aliphatic rings. The van der Waals surface area contributed by atoms with Crippen LogP contribution in [0.25, 0.3) is 60.9 Å². The number of aromatic nitrogens is 5. The summed E-state index contributed by atoms with van der Waals surface area (Å²) in [6.07, 6.45) is 1.71. The van der Waals surface area contributed by atoms with Crippen molar-refractivity contribution in [3.8, 4) is 22.4 Å². The van der Waals surface area contributed by atoms with Crippen molar-refractivity contribution in [3.63, 3.8) is 0 Å². The summed E-state index contributed by atoms with van der Waals surface area (Å²) in [4.78, 5) is 12.8. The number of H-pyrrole nitrogens is 1. The number of pyridine rings is 2. The molecule has 0 unspecified atom stereocenters. The van der Waals surface area contributed by atoms with E-state index in [1.54, 1.807) is 6.33 Å². The summed E-state index contributed by atoms with van der Waals surface area (Å²) in [5, 5.41) is 7.32. The van der Waals surface area contributed by atoms with Crippen LogP contribution in [0.1, 0.15) is 5.56 Å². The van der Waals surface area contributed by atoms with Crippen molar-refractivity contribution < 1.29 is 0 Å². The quantitative estimate of drug-likeness (QED) is 0.319. The lowest BCUT2D eigenvalue weighted by Crippen LogP contribution is -1.99. The van der Waals surface area contributed by atoms with Gasteiger partial charge in [-0.05, 0) is 18.6 Å². The van der Waals surface area contributed by atoms with Gasteiger partial charge in [0.1, 0.15) is 5.52 Å². The fourth-order valence-electron chi connectivity index (χ4n) is 4.75. The number of aryl methyl sites for hydroxylation is 1. The Morgan fingerprint density at radius 2 is 1.55 bits per heavy atom. The van der Waals surface area contributed by atoms with E-state index in [0.29, 0.717) is 5.65 Å². The summed E-state index contributed by atoms with van der Waals surface area (Å²) in [7, 11) is 0. The van der Waals surface area contributed by atoms with Crippen LogP contribution in [0.3, 0.4) is 0 Å². The second-order valence-corrected chi connectivity index (χ2v) is 8.39. The highest BCUT2D eigenvalue weighted by Crippen LogP contribution is 2.38. The third-order valence-corrected chi connectivity index (χ3v) is 6.34. The third kappa shape index (κ3) is 2.62. The van der Waals surface area contributed by atoms with Crippen molar-refractivity contribution in [1.82, 2.24) is 24.6 Å². The van der Waals surface area contributed by atoms with Crippen molar-refractivity contribution in [3.05, 3.63) is 96.8 Å². The smallest absolute Gasteiger partial charge is 0.178 e. The monoisotopic (exact) mass is 425 g/mol. The Morgan fingerprint density at radius 3 is 2.36 bits per heavy atom. The molecule has 0 spiro atoms. The Hall–Kier alpha value is -4.51. The van der Waals surface area contributed by atoms with Crippen molar-refractivity contribution in [2.75, 3.05) is 0 Å². The maximum Gasteiger partial charge on any atom is 0.178 e. The minimum Gasteiger partial charge on any atom is -0.343 e. The van der Waals surface area contributed by atoms with Gasteiger partial charge in [-0.1, -0.05) is 84.4 Å². The van der Waals surface area contributed by atoms with Gasteiger partial charge in [0.15, 0.2) is 5.65 Å². The molecule has 5 nitrogen and oxygen atoms in total. The topological polar surface area (TPSA) is 58.9 Å². The van der Waals surface area contributed by atoms with Crippen LogP contribution in [0.5, 0.6) is 0 Å². The summed E-state index contributed by atoms with van der Waals surface area (Å²) < 4.78 is 2.06. The van der Waals surface area contributed by atoms with Crippen LogP contribution in [0, 0.1) is 6.92 Å². The molecule has 0 saturated carbocycles. The lowest BCUT2D eigenvalue weighted by atomic mass is 9.99. The van der Waals surface area contributed by atoms with Gasteiger partial charge in [0.2, 0.25) is 0 Å². The van der Waals surface area contributed by atoms with Gasteiger partial charge in [-0.15, -0.1) is 0 Å². The lowest BCUT2D eigenvalue weighted by molar-refractivity contribution is 1.01. The van der Waals surface area contributed by atoms with Gasteiger partial charge in [0.05, 0.1) is 28.6 Å². The molecule has 0 saturated heterocycles. The molecule has 0 atom stereocenters. The Morgan fingerprint density at radius 1 is 0.788 bits per heavy atom. The van der Waals surface area contributed by atoms with Crippen LogP contribution in [-0.2, 0) is 0 Å². The molecule has 156 valence electrons. The normalized spacial score (nSPS) is 11.8. The van der Waals surface area contributed by atoms with E-state index in [2.05, 4.69) is 88.1 Å². The van der Waals surface area contributed by atoms with Crippen LogP contribution < -0.4 is 0 Å². The van der Waals surface area contributed by atoms with Gasteiger partial charge in [-0.2, -0.15) is 5.10 Å². The molecule has 0 bridgehead atoms. The summed E-state index contributed by atoms with van der Waals surface area (Å²) in [5.74, 6) is 0. The highest BCUT2D eigenvalue weighted by Gasteiger charge is 2.20. The second-order valence-electron chi connectivity index (χ2n) is 8.39. The second kappa shape index (κ2) is 6.74. The Labute approximate surface area is 189 Å². The zero-order valence-electron chi connectivity index (χ0n) is 17.9. The van der Waals surface area contributed by atoms with E-state index >= 15 is 0 Å². The highest BCUT2D eigenvalue weighted by molar-refractivity contribution is 6.18. The molecular weight excluding hydrogens is 406 g/mol. The molecule has 0 fully saturated rings. The molecule has 0 aliphatic carbocycles. The van der Waals surface area contributed by atoms with Gasteiger partial charge < -0.3 is 4.98 Å². The summed E-state index contributed by atoms with van der Waals surface area (Å²) in [6, 6.07) is 29.5. The molecule has 33 heavy (non-hydrogen) atoms. The minimum atomic E-state index is 0.706. The first kappa shape index (κ1) is 18.1. The van der Waals surface area contributed by atoms with Gasteiger partial charge in [-0.25, -0.2) is 14.5 Å². The van der Waals surface area contributed by atoms with E-state index in [1.807, 2.05) is 18.2 Å². The van der Waals surface area contributed by atoms with Crippen LogP contribution in [0.15, 0.2) is 91.3 Å². The van der Waals surface area contributed by atoms with Gasteiger partial charge in [0.25, 0.3) is 0 Å². The fourth-order valence-corrected chi connectivity index (χ4v) is 4.75. The number of hydrogen-bond donors (Lipinski definition) is 1. The standard InChI is InChI=1S/C28H19N5/c1-17-11-13-19(14-12-17)24-26-28(30-16-29-26)31-25-21-10-6-5-9-20(21)23-15-22(32-33(23)27(24)25)18-7-3-2-4-8-18/h2-16H,1H3,(H,29,30,31). The minimum absolute atomic E-state index is 0.706. The number of rotatable bonds is 2. The van der Waals surface area contributed by atoms with Crippen molar-refractivity contribution >= 4 is 38.5 Å². The fraction of sp³-hybridized carbons (Fsp3) is 0.0357. The molecule has 5 heteroatoms. The SMILES string of the molecule is Cc1ccc(-c2c3[nH]cnc3nc3c4ccccc4c4cc(-c5ccccc5)nn4c23)cc1. The molecule has 7 rings (SSSR count). The lowest BCUT2D eigenvalue weighted by Gasteiger charge is -2.13. The van der Waals surface area contributed by atoms with Crippen LogP contribution in [0.2, 0.25) is 0 Å². The van der Waals surface area contributed by atoms with Crippen LogP contribution in [-0.4, -0.2) is 24.6 Å². The first-order chi connectivity index (χ1) is 16.3. The summed E-state index contributed by atoms with van der Waals surface area (Å²) in [5.41, 5.74) is 9.98. The van der Waals surface area contributed by atoms with Crippen molar-refractivity contribution in [1.29, 1.82) is 0 Å². The molecule has 0 amide bonds. The van der Waals surface area contributed by atoms with Crippen LogP contribution >= 0.6 is 0 Å². The number of nitrogens with zero attached hydrogens (tertiary/aromatic N) is 4. The molecular formula is C28H19N5. The number of hydrogen-bond acceptors (Lipinski definition) is 3. The van der Waals surface area contributed by atoms with E-state index in [0.717, 1.165) is 55.2 Å². The molecule has 7 aromatic rings. The first-order valence-corrected chi connectivity index (χ1v) is 11.0. The molecule has 0 radical (unpaired) electrons. The predicted molar refractivity (Wildman–Crippen MR) is 133 cm³/mol. The summed E-state index contributed by atoms with van der Waals surface area (Å²) >= 11 is 0.